The molecule has 1 N–H and O–H groups in total. The number of nitrogens with one attached hydrogen (secondary N) is 1. The number of rotatable bonds is 5. The van der Waals surface area contributed by atoms with Gasteiger partial charge in [-0.1, -0.05) is 29.5 Å². The van der Waals surface area contributed by atoms with Crippen molar-refractivity contribution >= 4 is 45.5 Å². The smallest absolute Gasteiger partial charge is 0.223 e. The first-order chi connectivity index (χ1) is 11.6. The van der Waals surface area contributed by atoms with E-state index in [9.17, 15) is 4.79 Å². The zero-order valence-electron chi connectivity index (χ0n) is 13.6. The molecule has 0 saturated heterocycles. The maximum Gasteiger partial charge on any atom is 0.223 e. The number of aromatic nitrogens is 2. The number of hydrogen-bond acceptors (Lipinski definition) is 6. The minimum Gasteiger partial charge on any atom is -0.302 e. The van der Waals surface area contributed by atoms with E-state index < -0.39 is 0 Å². The Morgan fingerprint density at radius 3 is 2.83 bits per heavy atom. The maximum atomic E-state index is 11.2. The van der Waals surface area contributed by atoms with Crippen molar-refractivity contribution in [3.63, 3.8) is 0 Å². The van der Waals surface area contributed by atoms with Gasteiger partial charge in [0.05, 0.1) is 21.3 Å². The second-order valence-corrected chi connectivity index (χ2v) is 8.02. The summed E-state index contributed by atoms with van der Waals surface area (Å²) in [6.45, 7) is 3.43. The Hall–Kier alpha value is -1.70. The molecule has 2 heterocycles. The highest BCUT2D eigenvalue weighted by Gasteiger charge is 2.14. The lowest BCUT2D eigenvalue weighted by atomic mass is 10.1. The van der Waals surface area contributed by atoms with E-state index in [0.717, 1.165) is 27.7 Å². The molecule has 0 atom stereocenters. The van der Waals surface area contributed by atoms with Crippen LogP contribution in [0.25, 0.3) is 10.6 Å². The molecule has 0 saturated carbocycles. The molecule has 1 aromatic carbocycles. The molecule has 0 spiro atoms. The molecule has 0 aliphatic heterocycles. The Bertz CT molecular complexity index is 870. The molecule has 7 heteroatoms. The van der Waals surface area contributed by atoms with Gasteiger partial charge in [-0.3, -0.25) is 4.79 Å². The van der Waals surface area contributed by atoms with E-state index in [1.54, 1.807) is 23.1 Å². The lowest BCUT2D eigenvalue weighted by molar-refractivity contribution is -0.114. The normalized spacial score (nSPS) is 10.8. The number of thiazole rings is 2. The highest BCUT2D eigenvalue weighted by atomic mass is 32.2. The van der Waals surface area contributed by atoms with E-state index in [4.69, 9.17) is 4.98 Å². The largest absolute Gasteiger partial charge is 0.302 e. The van der Waals surface area contributed by atoms with E-state index in [2.05, 4.69) is 46.2 Å². The summed E-state index contributed by atoms with van der Waals surface area (Å²) in [6.07, 6.45) is 2.93. The number of anilines is 1. The number of benzene rings is 1. The summed E-state index contributed by atoms with van der Waals surface area (Å²) in [5.41, 5.74) is 3.12. The van der Waals surface area contributed by atoms with E-state index in [1.165, 1.54) is 28.7 Å². The molecule has 0 unspecified atom stereocenters. The lowest BCUT2D eigenvalue weighted by Crippen LogP contribution is -2.04. The molecule has 0 aliphatic carbocycles. The second kappa shape index (κ2) is 7.46. The Morgan fingerprint density at radius 2 is 2.08 bits per heavy atom. The van der Waals surface area contributed by atoms with Gasteiger partial charge in [-0.15, -0.1) is 23.1 Å². The van der Waals surface area contributed by atoms with E-state index in [1.807, 2.05) is 6.92 Å². The fourth-order valence-corrected chi connectivity index (χ4v) is 4.82. The molecule has 4 nitrogen and oxygen atoms in total. The number of hydrogen-bond donors (Lipinski definition) is 1. The SMILES string of the molecule is CSc1ccccc1Cc1nc(-c2sc(NC(C)=O)nc2C)cs1. The van der Waals surface area contributed by atoms with Crippen LogP contribution in [0, 0.1) is 6.92 Å². The van der Waals surface area contributed by atoms with Crippen molar-refractivity contribution < 1.29 is 4.79 Å². The molecular weight excluding hydrogens is 358 g/mol. The highest BCUT2D eigenvalue weighted by Crippen LogP contribution is 2.34. The Morgan fingerprint density at radius 1 is 1.29 bits per heavy atom. The third-order valence-corrected chi connectivity index (χ3v) is 6.18. The first-order valence-corrected chi connectivity index (χ1v) is 10.3. The molecule has 3 aromatic rings. The molecule has 0 aliphatic rings. The van der Waals surface area contributed by atoms with E-state index >= 15 is 0 Å². The minimum atomic E-state index is -0.108. The van der Waals surface area contributed by atoms with Gasteiger partial charge in [-0.25, -0.2) is 9.97 Å². The van der Waals surface area contributed by atoms with Gasteiger partial charge >= 0.3 is 0 Å². The van der Waals surface area contributed by atoms with Crippen molar-refractivity contribution in [2.24, 2.45) is 0 Å². The Labute approximate surface area is 153 Å². The van der Waals surface area contributed by atoms with Crippen LogP contribution in [-0.4, -0.2) is 22.1 Å². The van der Waals surface area contributed by atoms with Crippen LogP contribution in [-0.2, 0) is 11.2 Å². The predicted octanol–water partition coefficient (Wildman–Crippen LogP) is 4.85. The van der Waals surface area contributed by atoms with Gasteiger partial charge in [0, 0.05) is 23.6 Å². The maximum absolute atomic E-state index is 11.2. The van der Waals surface area contributed by atoms with Crippen LogP contribution in [0.2, 0.25) is 0 Å². The third-order valence-electron chi connectivity index (χ3n) is 3.40. The summed E-state index contributed by atoms with van der Waals surface area (Å²) < 4.78 is 0. The van der Waals surface area contributed by atoms with E-state index in [-0.39, 0.29) is 5.91 Å². The fourth-order valence-electron chi connectivity index (χ4n) is 2.35. The number of aryl methyl sites for hydroxylation is 1. The average Bonchev–Trinajstić information content (AvgIpc) is 3.14. The number of amides is 1. The van der Waals surface area contributed by atoms with Crippen LogP contribution < -0.4 is 5.32 Å². The summed E-state index contributed by atoms with van der Waals surface area (Å²) in [7, 11) is 0. The minimum absolute atomic E-state index is 0.108. The topological polar surface area (TPSA) is 54.9 Å². The first-order valence-electron chi connectivity index (χ1n) is 7.38. The molecule has 24 heavy (non-hydrogen) atoms. The lowest BCUT2D eigenvalue weighted by Gasteiger charge is -2.04. The summed E-state index contributed by atoms with van der Waals surface area (Å²) in [5.74, 6) is -0.108. The molecule has 0 bridgehead atoms. The van der Waals surface area contributed by atoms with Crippen LogP contribution in [0.4, 0.5) is 5.13 Å². The van der Waals surface area contributed by atoms with Gasteiger partial charge in [0.2, 0.25) is 5.91 Å². The second-order valence-electron chi connectivity index (χ2n) is 5.23. The standard InChI is InChI=1S/C17H17N3OS3/c1-10-16(24-17(18-10)19-11(2)21)13-9-23-15(20-13)8-12-6-4-5-7-14(12)22-3/h4-7,9H,8H2,1-3H3,(H,18,19,21). The number of nitrogens with zero attached hydrogens (tertiary/aromatic N) is 2. The van der Waals surface area contributed by atoms with Gasteiger partial charge in [0.1, 0.15) is 0 Å². The van der Waals surface area contributed by atoms with Gasteiger partial charge in [-0.2, -0.15) is 0 Å². The zero-order valence-corrected chi connectivity index (χ0v) is 16.1. The number of carbonyl (C=O) groups excluding carboxylic acids is 1. The number of carbonyl (C=O) groups is 1. The molecular formula is C17H17N3OS3. The van der Waals surface area contributed by atoms with Crippen molar-refractivity contribution in [1.29, 1.82) is 0 Å². The molecule has 3 rings (SSSR count). The van der Waals surface area contributed by atoms with Crippen molar-refractivity contribution in [2.75, 3.05) is 11.6 Å². The third kappa shape index (κ3) is 3.85. The molecule has 2 aromatic heterocycles. The van der Waals surface area contributed by atoms with Crippen molar-refractivity contribution in [2.45, 2.75) is 25.2 Å². The summed E-state index contributed by atoms with van der Waals surface area (Å²) in [4.78, 5) is 22.6. The van der Waals surface area contributed by atoms with Crippen LogP contribution >= 0.6 is 34.4 Å². The monoisotopic (exact) mass is 375 g/mol. The molecule has 1 amide bonds. The van der Waals surface area contributed by atoms with Crippen molar-refractivity contribution in [3.8, 4) is 10.6 Å². The molecule has 0 radical (unpaired) electrons. The predicted molar refractivity (Wildman–Crippen MR) is 103 cm³/mol. The quantitative estimate of drug-likeness (QED) is 0.648. The number of thioether (sulfide) groups is 1. The highest BCUT2D eigenvalue weighted by molar-refractivity contribution is 7.98. The van der Waals surface area contributed by atoms with Gasteiger partial charge in [0.25, 0.3) is 0 Å². The van der Waals surface area contributed by atoms with Crippen LogP contribution in [0.1, 0.15) is 23.2 Å². The summed E-state index contributed by atoms with van der Waals surface area (Å²) >= 11 is 4.88. The van der Waals surface area contributed by atoms with Crippen LogP contribution in [0.3, 0.4) is 0 Å². The average molecular weight is 376 g/mol. The summed E-state index contributed by atoms with van der Waals surface area (Å²) in [5, 5.41) is 6.51. The summed E-state index contributed by atoms with van der Waals surface area (Å²) in [6, 6.07) is 8.42. The molecule has 0 fully saturated rings. The van der Waals surface area contributed by atoms with Gasteiger partial charge < -0.3 is 5.32 Å². The Balaban J connectivity index is 1.83. The van der Waals surface area contributed by atoms with Crippen molar-refractivity contribution in [1.82, 2.24) is 9.97 Å². The van der Waals surface area contributed by atoms with Gasteiger partial charge in [0.15, 0.2) is 5.13 Å². The van der Waals surface area contributed by atoms with E-state index in [0.29, 0.717) is 5.13 Å². The van der Waals surface area contributed by atoms with Crippen molar-refractivity contribution in [3.05, 3.63) is 45.9 Å². The Kier molecular flexibility index (Phi) is 5.33. The first kappa shape index (κ1) is 17.1. The fraction of sp³-hybridized carbons (Fsp3) is 0.235. The van der Waals surface area contributed by atoms with Crippen LogP contribution in [0.5, 0.6) is 0 Å². The van der Waals surface area contributed by atoms with Crippen LogP contribution in [0.15, 0.2) is 34.5 Å². The van der Waals surface area contributed by atoms with Gasteiger partial charge in [-0.05, 0) is 24.8 Å². The zero-order chi connectivity index (χ0) is 17.1. The molecule has 124 valence electrons.